The normalized spacial score (nSPS) is 24.0. The van der Waals surface area contributed by atoms with E-state index in [9.17, 15) is 21.6 Å². The van der Waals surface area contributed by atoms with Gasteiger partial charge in [-0.15, -0.1) is 11.6 Å². The van der Waals surface area contributed by atoms with E-state index in [0.717, 1.165) is 24.6 Å². The Balaban J connectivity index is 2.35. The van der Waals surface area contributed by atoms with Crippen LogP contribution >= 0.6 is 11.6 Å². The predicted molar refractivity (Wildman–Crippen MR) is 69.0 cm³/mol. The Hall–Kier alpha value is -0.790. The van der Waals surface area contributed by atoms with Crippen LogP contribution in [0.4, 0.5) is 13.2 Å². The highest BCUT2D eigenvalue weighted by Gasteiger charge is 2.38. The van der Waals surface area contributed by atoms with Crippen LogP contribution in [-0.2, 0) is 16.2 Å². The molecule has 0 spiro atoms. The van der Waals surface area contributed by atoms with E-state index >= 15 is 0 Å². The summed E-state index contributed by atoms with van der Waals surface area (Å²) in [4.78, 5) is -0.761. The molecule has 2 unspecified atom stereocenters. The summed E-state index contributed by atoms with van der Waals surface area (Å²) >= 11 is 5.95. The van der Waals surface area contributed by atoms with E-state index in [-0.39, 0.29) is 5.38 Å². The topological polar surface area (TPSA) is 46.2 Å². The lowest BCUT2D eigenvalue weighted by Crippen LogP contribution is -2.38. The molecule has 2 rings (SSSR count). The van der Waals surface area contributed by atoms with Crippen molar-refractivity contribution in [2.24, 2.45) is 0 Å². The Morgan fingerprint density at radius 3 is 2.40 bits per heavy atom. The Bertz CT molecular complexity index is 589. The van der Waals surface area contributed by atoms with Gasteiger partial charge in [-0.25, -0.2) is 13.1 Å². The number of hydrogen-bond acceptors (Lipinski definition) is 2. The first-order valence-electron chi connectivity index (χ1n) is 6.04. The number of sulfonamides is 1. The number of rotatable bonds is 3. The first kappa shape index (κ1) is 15.6. The lowest BCUT2D eigenvalue weighted by Gasteiger charge is -2.18. The van der Waals surface area contributed by atoms with E-state index in [1.54, 1.807) is 0 Å². The SMILES string of the molecule is O=S(=O)(NC1CCCC1Cl)c1ccccc1C(F)(F)F. The zero-order valence-electron chi connectivity index (χ0n) is 10.3. The minimum atomic E-state index is -4.72. The minimum absolute atomic E-state index is 0.386. The van der Waals surface area contributed by atoms with Crippen molar-refractivity contribution in [1.29, 1.82) is 0 Å². The lowest BCUT2D eigenvalue weighted by atomic mass is 10.2. The Kier molecular flexibility index (Phi) is 4.32. The van der Waals surface area contributed by atoms with Crippen LogP contribution < -0.4 is 4.72 Å². The summed E-state index contributed by atoms with van der Waals surface area (Å²) in [6.45, 7) is 0. The zero-order valence-corrected chi connectivity index (χ0v) is 11.9. The number of benzene rings is 1. The first-order chi connectivity index (χ1) is 9.22. The van der Waals surface area contributed by atoms with E-state index in [2.05, 4.69) is 4.72 Å². The average Bonchev–Trinajstić information content (AvgIpc) is 2.73. The summed E-state index contributed by atoms with van der Waals surface area (Å²) in [6, 6.07) is 3.59. The monoisotopic (exact) mass is 327 g/mol. The van der Waals surface area contributed by atoms with E-state index < -0.39 is 32.7 Å². The van der Waals surface area contributed by atoms with Crippen molar-refractivity contribution < 1.29 is 21.6 Å². The van der Waals surface area contributed by atoms with E-state index in [4.69, 9.17) is 11.6 Å². The van der Waals surface area contributed by atoms with Gasteiger partial charge in [0, 0.05) is 11.4 Å². The molecule has 8 heteroatoms. The molecule has 0 aromatic heterocycles. The maximum Gasteiger partial charge on any atom is 0.417 e. The second kappa shape index (κ2) is 5.54. The van der Waals surface area contributed by atoms with Crippen molar-refractivity contribution in [2.45, 2.75) is 41.8 Å². The molecule has 1 aromatic carbocycles. The molecule has 0 aliphatic heterocycles. The molecule has 0 saturated heterocycles. The molecule has 0 bridgehead atoms. The van der Waals surface area contributed by atoms with Crippen LogP contribution in [0.15, 0.2) is 29.2 Å². The smallest absolute Gasteiger partial charge is 0.207 e. The van der Waals surface area contributed by atoms with E-state index in [1.165, 1.54) is 6.07 Å². The second-order valence-corrected chi connectivity index (χ2v) is 6.91. The van der Waals surface area contributed by atoms with Crippen molar-refractivity contribution in [3.8, 4) is 0 Å². The van der Waals surface area contributed by atoms with Crippen LogP contribution in [0.1, 0.15) is 24.8 Å². The van der Waals surface area contributed by atoms with Gasteiger partial charge in [0.2, 0.25) is 10.0 Å². The second-order valence-electron chi connectivity index (χ2n) is 4.67. The first-order valence-corrected chi connectivity index (χ1v) is 7.96. The van der Waals surface area contributed by atoms with Gasteiger partial charge in [0.25, 0.3) is 0 Å². The maximum absolute atomic E-state index is 12.9. The summed E-state index contributed by atoms with van der Waals surface area (Å²) in [5.74, 6) is 0. The molecule has 112 valence electrons. The third-order valence-corrected chi connectivity index (χ3v) is 5.29. The van der Waals surface area contributed by atoms with Gasteiger partial charge >= 0.3 is 6.18 Å². The molecule has 0 heterocycles. The molecule has 1 N–H and O–H groups in total. The molecule has 1 aliphatic rings. The van der Waals surface area contributed by atoms with Crippen LogP contribution in [0.3, 0.4) is 0 Å². The van der Waals surface area contributed by atoms with Gasteiger partial charge < -0.3 is 0 Å². The summed E-state index contributed by atoms with van der Waals surface area (Å²) in [7, 11) is -4.24. The van der Waals surface area contributed by atoms with Gasteiger partial charge in [0.05, 0.1) is 10.5 Å². The van der Waals surface area contributed by atoms with E-state index in [0.29, 0.717) is 12.8 Å². The molecule has 2 atom stereocenters. The highest BCUT2D eigenvalue weighted by molar-refractivity contribution is 7.89. The van der Waals surface area contributed by atoms with Crippen molar-refractivity contribution in [1.82, 2.24) is 4.72 Å². The van der Waals surface area contributed by atoms with Gasteiger partial charge in [-0.3, -0.25) is 0 Å². The Morgan fingerprint density at radius 2 is 1.85 bits per heavy atom. The minimum Gasteiger partial charge on any atom is -0.207 e. The van der Waals surface area contributed by atoms with Crippen molar-refractivity contribution in [2.75, 3.05) is 0 Å². The highest BCUT2D eigenvalue weighted by Crippen LogP contribution is 2.34. The molecule has 0 amide bonds. The third-order valence-electron chi connectivity index (χ3n) is 3.22. The summed E-state index contributed by atoms with van der Waals surface area (Å²) in [5.41, 5.74) is -1.17. The maximum atomic E-state index is 12.9. The standard InChI is InChI=1S/C12H13ClF3NO2S/c13-9-5-3-6-10(9)17-20(18,19)11-7-2-1-4-8(11)12(14,15)16/h1-2,4,7,9-10,17H,3,5-6H2. The molecule has 3 nitrogen and oxygen atoms in total. The van der Waals surface area contributed by atoms with Crippen LogP contribution in [0, 0.1) is 0 Å². The van der Waals surface area contributed by atoms with Gasteiger partial charge in [0.15, 0.2) is 0 Å². The largest absolute Gasteiger partial charge is 0.417 e. The van der Waals surface area contributed by atoms with Crippen molar-refractivity contribution in [3.05, 3.63) is 29.8 Å². The molecular weight excluding hydrogens is 315 g/mol. The Morgan fingerprint density at radius 1 is 1.20 bits per heavy atom. The highest BCUT2D eigenvalue weighted by atomic mass is 35.5. The van der Waals surface area contributed by atoms with Gasteiger partial charge in [-0.1, -0.05) is 18.6 Å². The van der Waals surface area contributed by atoms with E-state index in [1.807, 2.05) is 0 Å². The average molecular weight is 328 g/mol. The van der Waals surface area contributed by atoms with Gasteiger partial charge in [-0.2, -0.15) is 13.2 Å². The molecule has 20 heavy (non-hydrogen) atoms. The lowest BCUT2D eigenvalue weighted by molar-refractivity contribution is -0.139. The molecule has 1 aromatic rings. The molecule has 1 saturated carbocycles. The zero-order chi connectivity index (χ0) is 15.0. The fraction of sp³-hybridized carbons (Fsp3) is 0.500. The van der Waals surface area contributed by atoms with Crippen LogP contribution in [0.5, 0.6) is 0 Å². The van der Waals surface area contributed by atoms with Crippen LogP contribution in [-0.4, -0.2) is 19.8 Å². The number of hydrogen-bond donors (Lipinski definition) is 1. The predicted octanol–water partition coefficient (Wildman–Crippen LogP) is 3.14. The Labute approximate surface area is 120 Å². The van der Waals surface area contributed by atoms with Crippen LogP contribution in [0.2, 0.25) is 0 Å². The summed E-state index contributed by atoms with van der Waals surface area (Å²) in [5, 5.41) is -0.386. The fourth-order valence-electron chi connectivity index (χ4n) is 2.25. The van der Waals surface area contributed by atoms with Crippen LogP contribution in [0.25, 0.3) is 0 Å². The fourth-order valence-corrected chi connectivity index (χ4v) is 4.20. The molecule has 0 radical (unpaired) electrons. The summed E-state index contributed by atoms with van der Waals surface area (Å²) in [6.07, 6.45) is -2.79. The number of alkyl halides is 4. The quantitative estimate of drug-likeness (QED) is 0.867. The third kappa shape index (κ3) is 3.27. The molecule has 1 aliphatic carbocycles. The summed E-state index contributed by atoms with van der Waals surface area (Å²) < 4.78 is 65.1. The molecular formula is C12H13ClF3NO2S. The van der Waals surface area contributed by atoms with Gasteiger partial charge in [-0.05, 0) is 25.0 Å². The number of nitrogens with one attached hydrogen (secondary N) is 1. The van der Waals surface area contributed by atoms with Crippen molar-refractivity contribution >= 4 is 21.6 Å². The van der Waals surface area contributed by atoms with Gasteiger partial charge in [0.1, 0.15) is 0 Å². The molecule has 1 fully saturated rings. The number of halogens is 4. The van der Waals surface area contributed by atoms with Crippen molar-refractivity contribution in [3.63, 3.8) is 0 Å².